The first-order chi connectivity index (χ1) is 9.28. The highest BCUT2D eigenvalue weighted by Crippen LogP contribution is 2.22. The van der Waals surface area contributed by atoms with Crippen LogP contribution in [-0.2, 0) is 4.79 Å². The van der Waals surface area contributed by atoms with E-state index in [1.165, 1.54) is 11.3 Å². The van der Waals surface area contributed by atoms with E-state index in [0.717, 1.165) is 5.69 Å². The van der Waals surface area contributed by atoms with Crippen molar-refractivity contribution in [2.24, 2.45) is 5.41 Å². The first-order valence-corrected chi connectivity index (χ1v) is 7.40. The molecule has 1 heterocycles. The van der Waals surface area contributed by atoms with Gasteiger partial charge in [0, 0.05) is 11.9 Å². The number of anilines is 1. The molecule has 0 bridgehead atoms. The monoisotopic (exact) mass is 299 g/mol. The molecule has 0 aliphatic heterocycles. The zero-order chi connectivity index (χ0) is 15.3. The lowest BCUT2D eigenvalue weighted by Crippen LogP contribution is -2.42. The van der Waals surface area contributed by atoms with Gasteiger partial charge in [-0.25, -0.2) is 9.78 Å². The number of carboxylic acid groups (broad SMARTS) is 1. The topological polar surface area (TPSA) is 91.3 Å². The van der Waals surface area contributed by atoms with E-state index in [2.05, 4.69) is 15.6 Å². The highest BCUT2D eigenvalue weighted by atomic mass is 32.1. The number of hydrogen-bond acceptors (Lipinski definition) is 4. The Balaban J connectivity index is 2.53. The zero-order valence-corrected chi connectivity index (χ0v) is 13.0. The molecule has 0 spiro atoms. The standard InChI is InChI=1S/C13H21N3O3S/c1-5-13(4,10(17)18)7-14-11(19)16-12-15-9(6-20-12)8(2)3/h6,8H,5,7H2,1-4H3,(H,17,18)(H2,14,15,16,19). The van der Waals surface area contributed by atoms with Gasteiger partial charge in [0.05, 0.1) is 11.1 Å². The fourth-order valence-electron chi connectivity index (χ4n) is 1.38. The van der Waals surface area contributed by atoms with Crippen molar-refractivity contribution in [3.8, 4) is 0 Å². The predicted molar refractivity (Wildman–Crippen MR) is 79.3 cm³/mol. The molecule has 0 aliphatic carbocycles. The van der Waals surface area contributed by atoms with Crippen molar-refractivity contribution < 1.29 is 14.7 Å². The van der Waals surface area contributed by atoms with Gasteiger partial charge in [0.2, 0.25) is 0 Å². The van der Waals surface area contributed by atoms with Crippen LogP contribution >= 0.6 is 11.3 Å². The summed E-state index contributed by atoms with van der Waals surface area (Å²) in [5.74, 6) is -0.614. The molecule has 112 valence electrons. The number of thiazole rings is 1. The van der Waals surface area contributed by atoms with Gasteiger partial charge in [-0.1, -0.05) is 20.8 Å². The summed E-state index contributed by atoms with van der Waals surface area (Å²) in [6.45, 7) is 7.52. The first kappa shape index (κ1) is 16.4. The number of aromatic nitrogens is 1. The Labute approximate surface area is 122 Å². The fourth-order valence-corrected chi connectivity index (χ4v) is 2.24. The van der Waals surface area contributed by atoms with Crippen LogP contribution in [0.15, 0.2) is 5.38 Å². The largest absolute Gasteiger partial charge is 0.481 e. The van der Waals surface area contributed by atoms with Gasteiger partial charge in [-0.2, -0.15) is 0 Å². The summed E-state index contributed by atoms with van der Waals surface area (Å²) >= 11 is 1.35. The molecular weight excluding hydrogens is 278 g/mol. The maximum Gasteiger partial charge on any atom is 0.321 e. The molecule has 0 aliphatic rings. The highest BCUT2D eigenvalue weighted by molar-refractivity contribution is 7.13. The Hall–Kier alpha value is -1.63. The van der Waals surface area contributed by atoms with Crippen molar-refractivity contribution in [1.29, 1.82) is 0 Å². The molecule has 1 aromatic heterocycles. The van der Waals surface area contributed by atoms with E-state index >= 15 is 0 Å². The zero-order valence-electron chi connectivity index (χ0n) is 12.2. The maximum atomic E-state index is 11.7. The quantitative estimate of drug-likeness (QED) is 0.753. The molecule has 1 atom stereocenters. The summed E-state index contributed by atoms with van der Waals surface area (Å²) < 4.78 is 0. The molecule has 0 radical (unpaired) electrons. The lowest BCUT2D eigenvalue weighted by molar-refractivity contribution is -0.147. The third-order valence-corrected chi connectivity index (χ3v) is 4.05. The Morgan fingerprint density at radius 2 is 2.15 bits per heavy atom. The van der Waals surface area contributed by atoms with Gasteiger partial charge in [0.25, 0.3) is 0 Å². The third-order valence-electron chi connectivity index (χ3n) is 3.27. The van der Waals surface area contributed by atoms with Crippen LogP contribution in [0.1, 0.15) is 45.7 Å². The van der Waals surface area contributed by atoms with Crippen molar-refractivity contribution in [2.45, 2.75) is 40.0 Å². The van der Waals surface area contributed by atoms with Crippen LogP contribution in [0, 0.1) is 5.41 Å². The second-order valence-electron chi connectivity index (χ2n) is 5.26. The minimum Gasteiger partial charge on any atom is -0.481 e. The second-order valence-corrected chi connectivity index (χ2v) is 6.12. The molecule has 1 unspecified atom stereocenters. The van der Waals surface area contributed by atoms with Crippen molar-refractivity contribution in [2.75, 3.05) is 11.9 Å². The van der Waals surface area contributed by atoms with Crippen LogP contribution in [-0.4, -0.2) is 28.6 Å². The number of carboxylic acids is 1. The molecule has 0 saturated carbocycles. The summed E-state index contributed by atoms with van der Waals surface area (Å²) in [5.41, 5.74) is -0.0298. The number of nitrogens with one attached hydrogen (secondary N) is 2. The molecule has 1 rings (SSSR count). The summed E-state index contributed by atoms with van der Waals surface area (Å²) in [4.78, 5) is 27.1. The molecule has 0 fully saturated rings. The number of nitrogens with zero attached hydrogens (tertiary/aromatic N) is 1. The molecule has 0 saturated heterocycles. The van der Waals surface area contributed by atoms with Crippen LogP contribution in [0.5, 0.6) is 0 Å². The Kier molecular flexibility index (Phi) is 5.50. The van der Waals surface area contributed by atoms with Crippen LogP contribution in [0.25, 0.3) is 0 Å². The van der Waals surface area contributed by atoms with Crippen LogP contribution in [0.4, 0.5) is 9.93 Å². The number of hydrogen-bond donors (Lipinski definition) is 3. The molecule has 20 heavy (non-hydrogen) atoms. The van der Waals surface area contributed by atoms with E-state index in [4.69, 9.17) is 5.11 Å². The normalized spacial score (nSPS) is 13.8. The molecule has 7 heteroatoms. The van der Waals surface area contributed by atoms with Crippen LogP contribution in [0.2, 0.25) is 0 Å². The Morgan fingerprint density at radius 1 is 1.50 bits per heavy atom. The average Bonchev–Trinajstić information content (AvgIpc) is 2.84. The van der Waals surface area contributed by atoms with E-state index in [9.17, 15) is 9.59 Å². The smallest absolute Gasteiger partial charge is 0.321 e. The molecule has 1 aromatic rings. The number of carbonyl (C=O) groups is 2. The number of rotatable bonds is 6. The number of aliphatic carboxylic acids is 1. The summed E-state index contributed by atoms with van der Waals surface area (Å²) in [7, 11) is 0. The summed E-state index contributed by atoms with van der Waals surface area (Å²) in [6, 6.07) is -0.435. The Morgan fingerprint density at radius 3 is 2.60 bits per heavy atom. The minimum absolute atomic E-state index is 0.0765. The SMILES string of the molecule is CCC(C)(CNC(=O)Nc1nc(C(C)C)cs1)C(=O)O. The van der Waals surface area contributed by atoms with Gasteiger partial charge in [-0.15, -0.1) is 11.3 Å². The van der Waals surface area contributed by atoms with Gasteiger partial charge in [-0.05, 0) is 19.3 Å². The van der Waals surface area contributed by atoms with Crippen molar-refractivity contribution in [1.82, 2.24) is 10.3 Å². The molecule has 3 N–H and O–H groups in total. The molecule has 2 amide bonds. The maximum absolute atomic E-state index is 11.7. The van der Waals surface area contributed by atoms with Crippen molar-refractivity contribution >= 4 is 28.5 Å². The van der Waals surface area contributed by atoms with E-state index in [1.54, 1.807) is 13.8 Å². The van der Waals surface area contributed by atoms with Gasteiger partial charge >= 0.3 is 12.0 Å². The first-order valence-electron chi connectivity index (χ1n) is 6.52. The van der Waals surface area contributed by atoms with Crippen LogP contribution < -0.4 is 10.6 Å². The number of amides is 2. The lowest BCUT2D eigenvalue weighted by atomic mass is 9.88. The highest BCUT2D eigenvalue weighted by Gasteiger charge is 2.31. The number of carbonyl (C=O) groups excluding carboxylic acids is 1. The average molecular weight is 299 g/mol. The van der Waals surface area contributed by atoms with Gasteiger partial charge in [-0.3, -0.25) is 10.1 Å². The van der Waals surface area contributed by atoms with E-state index in [1.807, 2.05) is 19.2 Å². The third kappa shape index (κ3) is 4.19. The molecule has 0 aromatic carbocycles. The van der Waals surface area contributed by atoms with Crippen LogP contribution in [0.3, 0.4) is 0 Å². The predicted octanol–water partition coefficient (Wildman–Crippen LogP) is 2.89. The minimum atomic E-state index is -0.955. The summed E-state index contributed by atoms with van der Waals surface area (Å²) in [6.07, 6.45) is 0.442. The molecular formula is C13H21N3O3S. The van der Waals surface area contributed by atoms with E-state index < -0.39 is 17.4 Å². The fraction of sp³-hybridized carbons (Fsp3) is 0.615. The van der Waals surface area contributed by atoms with Gasteiger partial charge in [0.15, 0.2) is 5.13 Å². The van der Waals surface area contributed by atoms with E-state index in [0.29, 0.717) is 17.5 Å². The van der Waals surface area contributed by atoms with E-state index in [-0.39, 0.29) is 6.54 Å². The van der Waals surface area contributed by atoms with Gasteiger partial charge in [0.1, 0.15) is 0 Å². The Bertz CT molecular complexity index is 487. The number of urea groups is 1. The lowest BCUT2D eigenvalue weighted by Gasteiger charge is -2.23. The second kappa shape index (κ2) is 6.69. The summed E-state index contributed by atoms with van der Waals surface area (Å²) in [5, 5.41) is 16.7. The van der Waals surface area contributed by atoms with Gasteiger partial charge < -0.3 is 10.4 Å². The molecule has 6 nitrogen and oxygen atoms in total. The van der Waals surface area contributed by atoms with Crippen molar-refractivity contribution in [3.05, 3.63) is 11.1 Å². The van der Waals surface area contributed by atoms with Crippen molar-refractivity contribution in [3.63, 3.8) is 0 Å².